The van der Waals surface area contributed by atoms with E-state index < -0.39 is 0 Å². The summed E-state index contributed by atoms with van der Waals surface area (Å²) in [6.45, 7) is 13.9. The van der Waals surface area contributed by atoms with Gasteiger partial charge in [0.15, 0.2) is 5.96 Å². The average Bonchev–Trinajstić information content (AvgIpc) is 3.15. The van der Waals surface area contributed by atoms with E-state index in [4.69, 9.17) is 14.5 Å². The molecule has 0 aromatic heterocycles. The van der Waals surface area contributed by atoms with Crippen LogP contribution in [0.5, 0.6) is 0 Å². The van der Waals surface area contributed by atoms with E-state index in [0.29, 0.717) is 18.1 Å². The first-order valence-corrected chi connectivity index (χ1v) is 10.7. The van der Waals surface area contributed by atoms with Crippen LogP contribution in [-0.4, -0.2) is 75.5 Å². The molecular weight excluding hydrogens is 455 g/mol. The van der Waals surface area contributed by atoms with Gasteiger partial charge in [0, 0.05) is 38.8 Å². The van der Waals surface area contributed by atoms with E-state index in [2.05, 4.69) is 36.3 Å². The molecule has 6 nitrogen and oxygen atoms in total. The van der Waals surface area contributed by atoms with Gasteiger partial charge < -0.3 is 20.1 Å². The standard InChI is InChI=1S/C20H40N4O2.HI/c1-4-21-20(22-10-7-13-26-18-8-5-6-9-18)23-16-19(17(2)3)24-11-14-25-15-12-24;/h17-19H,4-16H2,1-3H3,(H2,21,22,23);1H. The highest BCUT2D eigenvalue weighted by Gasteiger charge is 2.23. The second-order valence-corrected chi connectivity index (χ2v) is 7.74. The second kappa shape index (κ2) is 14.8. The molecule has 0 aromatic carbocycles. The third-order valence-electron chi connectivity index (χ3n) is 5.33. The minimum Gasteiger partial charge on any atom is -0.379 e. The monoisotopic (exact) mass is 496 g/mol. The maximum atomic E-state index is 5.93. The van der Waals surface area contributed by atoms with Crippen molar-refractivity contribution in [2.45, 2.75) is 65.0 Å². The Balaban J connectivity index is 0.00000364. The first-order valence-electron chi connectivity index (χ1n) is 10.7. The summed E-state index contributed by atoms with van der Waals surface area (Å²) in [5.41, 5.74) is 0. The fraction of sp³-hybridized carbons (Fsp3) is 0.950. The van der Waals surface area contributed by atoms with Crippen LogP contribution in [0.15, 0.2) is 4.99 Å². The van der Waals surface area contributed by atoms with Crippen LogP contribution in [0.25, 0.3) is 0 Å². The summed E-state index contributed by atoms with van der Waals surface area (Å²) in [5.74, 6) is 1.51. The number of ether oxygens (including phenoxy) is 2. The molecule has 0 bridgehead atoms. The van der Waals surface area contributed by atoms with Crippen molar-refractivity contribution >= 4 is 29.9 Å². The first kappa shape index (κ1) is 24.9. The van der Waals surface area contributed by atoms with Gasteiger partial charge in [-0.15, -0.1) is 24.0 Å². The third kappa shape index (κ3) is 9.76. The van der Waals surface area contributed by atoms with Gasteiger partial charge in [-0.2, -0.15) is 0 Å². The predicted molar refractivity (Wildman–Crippen MR) is 123 cm³/mol. The van der Waals surface area contributed by atoms with Crippen LogP contribution in [0.3, 0.4) is 0 Å². The molecule has 2 aliphatic rings. The lowest BCUT2D eigenvalue weighted by molar-refractivity contribution is 0.00867. The molecule has 160 valence electrons. The lowest BCUT2D eigenvalue weighted by Gasteiger charge is -2.36. The van der Waals surface area contributed by atoms with E-state index in [9.17, 15) is 0 Å². The van der Waals surface area contributed by atoms with Crippen molar-refractivity contribution in [1.29, 1.82) is 0 Å². The van der Waals surface area contributed by atoms with Crippen molar-refractivity contribution in [1.82, 2.24) is 15.5 Å². The smallest absolute Gasteiger partial charge is 0.191 e. The summed E-state index contributed by atoms with van der Waals surface area (Å²) in [4.78, 5) is 7.38. The number of hydrogen-bond acceptors (Lipinski definition) is 4. The fourth-order valence-electron chi connectivity index (χ4n) is 3.77. The zero-order valence-corrected chi connectivity index (χ0v) is 19.9. The normalized spacial score (nSPS) is 20.5. The van der Waals surface area contributed by atoms with Gasteiger partial charge in [-0.25, -0.2) is 0 Å². The van der Waals surface area contributed by atoms with E-state index in [1.807, 2.05) is 0 Å². The first-order chi connectivity index (χ1) is 12.7. The number of aliphatic imine (C=N–C) groups is 1. The molecule has 1 heterocycles. The molecule has 1 aliphatic carbocycles. The van der Waals surface area contributed by atoms with E-state index in [-0.39, 0.29) is 24.0 Å². The molecule has 2 N–H and O–H groups in total. The van der Waals surface area contributed by atoms with Crippen molar-refractivity contribution in [2.75, 3.05) is 52.5 Å². The fourth-order valence-corrected chi connectivity index (χ4v) is 3.77. The molecule has 1 saturated carbocycles. The Morgan fingerprint density at radius 1 is 1.19 bits per heavy atom. The quantitative estimate of drug-likeness (QED) is 0.211. The van der Waals surface area contributed by atoms with Gasteiger partial charge in [-0.1, -0.05) is 26.7 Å². The maximum absolute atomic E-state index is 5.93. The number of hydrogen-bond donors (Lipinski definition) is 2. The second-order valence-electron chi connectivity index (χ2n) is 7.74. The number of guanidine groups is 1. The van der Waals surface area contributed by atoms with Crippen LogP contribution in [0.4, 0.5) is 0 Å². The summed E-state index contributed by atoms with van der Waals surface area (Å²) in [6.07, 6.45) is 6.70. The molecule has 7 heteroatoms. The van der Waals surface area contributed by atoms with E-state index in [1.54, 1.807) is 0 Å². The zero-order chi connectivity index (χ0) is 18.6. The summed E-state index contributed by atoms with van der Waals surface area (Å²) < 4.78 is 11.4. The third-order valence-corrected chi connectivity index (χ3v) is 5.33. The topological polar surface area (TPSA) is 58.1 Å². The van der Waals surface area contributed by atoms with Gasteiger partial charge in [-0.05, 0) is 32.1 Å². The van der Waals surface area contributed by atoms with Gasteiger partial charge in [0.2, 0.25) is 0 Å². The van der Waals surface area contributed by atoms with Crippen molar-refractivity contribution in [3.05, 3.63) is 0 Å². The molecule has 0 amide bonds. The Hall–Kier alpha value is -0.120. The van der Waals surface area contributed by atoms with Crippen molar-refractivity contribution < 1.29 is 9.47 Å². The number of rotatable bonds is 10. The summed E-state index contributed by atoms with van der Waals surface area (Å²) in [6, 6.07) is 0.472. The Morgan fingerprint density at radius 3 is 2.52 bits per heavy atom. The highest BCUT2D eigenvalue weighted by molar-refractivity contribution is 14.0. The molecule has 1 atom stereocenters. The largest absolute Gasteiger partial charge is 0.379 e. The van der Waals surface area contributed by atoms with Gasteiger partial charge in [0.25, 0.3) is 0 Å². The van der Waals surface area contributed by atoms with Crippen molar-refractivity contribution in [3.8, 4) is 0 Å². The minimum atomic E-state index is 0. The molecule has 0 aromatic rings. The number of nitrogens with zero attached hydrogens (tertiary/aromatic N) is 2. The molecule has 2 fully saturated rings. The zero-order valence-electron chi connectivity index (χ0n) is 17.5. The van der Waals surface area contributed by atoms with Gasteiger partial charge in [0.05, 0.1) is 25.9 Å². The SMILES string of the molecule is CCNC(=NCC(C(C)C)N1CCOCC1)NCCCOC1CCCC1.I. The Labute approximate surface area is 183 Å². The molecule has 0 radical (unpaired) electrons. The van der Waals surface area contributed by atoms with Crippen LogP contribution >= 0.6 is 24.0 Å². The number of nitrogens with one attached hydrogen (secondary N) is 2. The Bertz CT molecular complexity index is 397. The van der Waals surface area contributed by atoms with Crippen molar-refractivity contribution in [2.24, 2.45) is 10.9 Å². The predicted octanol–water partition coefficient (Wildman–Crippen LogP) is 2.87. The lowest BCUT2D eigenvalue weighted by atomic mass is 10.0. The number of halogens is 1. The molecule has 0 spiro atoms. The minimum absolute atomic E-state index is 0. The molecule has 1 unspecified atom stereocenters. The van der Waals surface area contributed by atoms with E-state index >= 15 is 0 Å². The van der Waals surface area contributed by atoms with Gasteiger partial charge in [-0.3, -0.25) is 9.89 Å². The summed E-state index contributed by atoms with van der Waals surface area (Å²) in [7, 11) is 0. The van der Waals surface area contributed by atoms with E-state index in [1.165, 1.54) is 25.7 Å². The number of morpholine rings is 1. The van der Waals surface area contributed by atoms with Crippen LogP contribution in [0, 0.1) is 5.92 Å². The van der Waals surface area contributed by atoms with E-state index in [0.717, 1.165) is 64.9 Å². The molecule has 27 heavy (non-hydrogen) atoms. The van der Waals surface area contributed by atoms with Crippen molar-refractivity contribution in [3.63, 3.8) is 0 Å². The Morgan fingerprint density at radius 2 is 1.89 bits per heavy atom. The van der Waals surface area contributed by atoms with Gasteiger partial charge >= 0.3 is 0 Å². The maximum Gasteiger partial charge on any atom is 0.191 e. The van der Waals surface area contributed by atoms with Crippen LogP contribution in [0.2, 0.25) is 0 Å². The molecule has 2 rings (SSSR count). The molecule has 1 aliphatic heterocycles. The van der Waals surface area contributed by atoms with Gasteiger partial charge in [0.1, 0.15) is 0 Å². The highest BCUT2D eigenvalue weighted by Crippen LogP contribution is 2.20. The average molecular weight is 496 g/mol. The molecule has 1 saturated heterocycles. The highest BCUT2D eigenvalue weighted by atomic mass is 127. The van der Waals surface area contributed by atoms with Crippen LogP contribution < -0.4 is 10.6 Å². The Kier molecular flexibility index (Phi) is 13.7. The van der Waals surface area contributed by atoms with Crippen LogP contribution in [-0.2, 0) is 9.47 Å². The molecular formula is C20H41IN4O2. The summed E-state index contributed by atoms with van der Waals surface area (Å²) >= 11 is 0. The lowest BCUT2D eigenvalue weighted by Crippen LogP contribution is -2.48. The van der Waals surface area contributed by atoms with Crippen LogP contribution in [0.1, 0.15) is 52.9 Å². The summed E-state index contributed by atoms with van der Waals surface area (Å²) in [5, 5.41) is 6.83.